The van der Waals surface area contributed by atoms with Crippen LogP contribution in [-0.4, -0.2) is 38.8 Å². The number of ketones is 2. The molecule has 4 nitrogen and oxygen atoms in total. The maximum atomic E-state index is 13.1. The Balaban J connectivity index is 0.000000643. The molecule has 0 spiro atoms. The quantitative estimate of drug-likeness (QED) is 0.199. The molecule has 6 rings (SSSR count). The van der Waals surface area contributed by atoms with Crippen LogP contribution in [0.3, 0.4) is 0 Å². The number of carbonyl (C=O) groups excluding carboxylic acids is 2. The number of fused-ring (bicyclic) bond motifs is 6. The van der Waals surface area contributed by atoms with Gasteiger partial charge in [-0.1, -0.05) is 120 Å². The van der Waals surface area contributed by atoms with Gasteiger partial charge in [-0.3, -0.25) is 9.59 Å². The molecule has 322 valence electrons. The molecule has 0 saturated heterocycles. The molecule has 2 aromatic rings. The predicted molar refractivity (Wildman–Crippen MR) is 247 cm³/mol. The van der Waals surface area contributed by atoms with Gasteiger partial charge in [-0.05, 0) is 191 Å². The molecule has 0 radical (unpaired) electrons. The molecule has 0 aliphatic heterocycles. The van der Waals surface area contributed by atoms with E-state index < -0.39 is 0 Å². The van der Waals surface area contributed by atoms with Crippen LogP contribution in [0.5, 0.6) is 0 Å². The number of unbranched alkanes of at least 4 members (excludes halogenated alkanes) is 3. The molecule has 0 aromatic heterocycles. The van der Waals surface area contributed by atoms with Crippen LogP contribution in [0, 0.1) is 22.7 Å². The molecule has 4 aliphatic rings. The van der Waals surface area contributed by atoms with Gasteiger partial charge in [0.15, 0.2) is 0 Å². The van der Waals surface area contributed by atoms with E-state index in [2.05, 4.69) is 90.3 Å². The van der Waals surface area contributed by atoms with Crippen molar-refractivity contribution in [2.24, 2.45) is 22.7 Å². The van der Waals surface area contributed by atoms with Gasteiger partial charge in [0.05, 0.1) is 0 Å². The molecule has 4 aliphatic carbocycles. The first kappa shape index (κ1) is 49.1. The summed E-state index contributed by atoms with van der Waals surface area (Å²) in [6.45, 7) is 25.0. The van der Waals surface area contributed by atoms with E-state index in [-0.39, 0.29) is 36.5 Å². The van der Waals surface area contributed by atoms with Crippen LogP contribution in [-0.2, 0) is 39.7 Å². The zero-order valence-electron chi connectivity index (χ0n) is 37.5. The van der Waals surface area contributed by atoms with Crippen LogP contribution in [0.4, 0.5) is 0 Å². The summed E-state index contributed by atoms with van der Waals surface area (Å²) in [5.41, 5.74) is 11.8. The first-order chi connectivity index (χ1) is 26.0. The highest BCUT2D eigenvalue weighted by atomic mass is 16.1. The number of aryl methyl sites for hydroxylation is 2. The van der Waals surface area contributed by atoms with Gasteiger partial charge in [0.2, 0.25) is 0 Å². The van der Waals surface area contributed by atoms with Crippen molar-refractivity contribution in [3.05, 3.63) is 68.8 Å². The minimum atomic E-state index is -0.217. The molecule has 0 amide bonds. The van der Waals surface area contributed by atoms with Crippen molar-refractivity contribution in [3.63, 3.8) is 0 Å². The van der Waals surface area contributed by atoms with Gasteiger partial charge in [0.1, 0.15) is 11.6 Å². The minimum Gasteiger partial charge on any atom is -0.320 e. The lowest BCUT2D eigenvalue weighted by Crippen LogP contribution is -2.52. The SMILES string of the molecule is C.C.CC(=O)C1(C)CCCC2(C)c3cc(Cc4cc5c(cc4C(C)C)CCC4C(C)(C(C)=O)CCCC54C)c(C(C)C)cc3CCC12.CNCCCCCCNC. The number of Topliss-reactive ketones (excluding diaryl/α,β-unsaturated/α-hetero) is 2. The first-order valence-electron chi connectivity index (χ1n) is 22.6. The molecule has 6 unspecified atom stereocenters. The van der Waals surface area contributed by atoms with Crippen molar-refractivity contribution in [2.45, 2.75) is 203 Å². The predicted octanol–water partition coefficient (Wildman–Crippen LogP) is 13.0. The Hall–Kier alpha value is -2.30. The van der Waals surface area contributed by atoms with Gasteiger partial charge in [-0.15, -0.1) is 0 Å². The molecule has 2 aromatic carbocycles. The maximum Gasteiger partial charge on any atom is 0.135 e. The average Bonchev–Trinajstić information content (AvgIpc) is 3.13. The van der Waals surface area contributed by atoms with E-state index in [1.807, 2.05) is 27.9 Å². The Bertz CT molecular complexity index is 1550. The van der Waals surface area contributed by atoms with E-state index in [1.165, 1.54) is 96.1 Å². The largest absolute Gasteiger partial charge is 0.320 e. The number of carbonyl (C=O) groups is 2. The van der Waals surface area contributed by atoms with E-state index in [0.29, 0.717) is 35.2 Å². The summed E-state index contributed by atoms with van der Waals surface area (Å²) < 4.78 is 0. The van der Waals surface area contributed by atoms with Gasteiger partial charge in [-0.2, -0.15) is 0 Å². The van der Waals surface area contributed by atoms with Crippen molar-refractivity contribution >= 4 is 11.6 Å². The second-order valence-electron chi connectivity index (χ2n) is 20.2. The van der Waals surface area contributed by atoms with Gasteiger partial charge in [0, 0.05) is 10.8 Å². The van der Waals surface area contributed by atoms with Crippen LogP contribution in [0.25, 0.3) is 0 Å². The van der Waals surface area contributed by atoms with Crippen molar-refractivity contribution in [1.82, 2.24) is 10.6 Å². The van der Waals surface area contributed by atoms with Gasteiger partial charge in [-0.25, -0.2) is 0 Å². The molecule has 0 bridgehead atoms. The summed E-state index contributed by atoms with van der Waals surface area (Å²) in [6.07, 6.45) is 17.4. The second kappa shape index (κ2) is 19.8. The highest BCUT2D eigenvalue weighted by molar-refractivity contribution is 5.83. The van der Waals surface area contributed by atoms with Crippen LogP contribution >= 0.6 is 0 Å². The fraction of sp³-hybridized carbons (Fsp3) is 0.736. The lowest BCUT2D eigenvalue weighted by Gasteiger charge is -2.55. The van der Waals surface area contributed by atoms with Crippen molar-refractivity contribution in [1.29, 1.82) is 0 Å². The Kier molecular flexibility index (Phi) is 17.1. The van der Waals surface area contributed by atoms with Gasteiger partial charge in [0.25, 0.3) is 0 Å². The maximum absolute atomic E-state index is 13.1. The number of rotatable bonds is 13. The number of hydrogen-bond acceptors (Lipinski definition) is 4. The summed E-state index contributed by atoms with van der Waals surface area (Å²) in [4.78, 5) is 26.2. The van der Waals surface area contributed by atoms with Crippen LogP contribution in [0.15, 0.2) is 24.3 Å². The Morgan fingerprint density at radius 3 is 1.30 bits per heavy atom. The number of hydrogen-bond donors (Lipinski definition) is 2. The smallest absolute Gasteiger partial charge is 0.135 e. The van der Waals surface area contributed by atoms with Gasteiger partial charge >= 0.3 is 0 Å². The number of nitrogens with one attached hydrogen (secondary N) is 2. The highest BCUT2D eigenvalue weighted by Crippen LogP contribution is 2.59. The lowest BCUT2D eigenvalue weighted by molar-refractivity contribution is -0.134. The zero-order valence-corrected chi connectivity index (χ0v) is 37.5. The summed E-state index contributed by atoms with van der Waals surface area (Å²) in [6, 6.07) is 10.4. The topological polar surface area (TPSA) is 58.2 Å². The summed E-state index contributed by atoms with van der Waals surface area (Å²) in [7, 11) is 4.02. The third-order valence-electron chi connectivity index (χ3n) is 16.1. The Morgan fingerprint density at radius 2 is 0.982 bits per heavy atom. The fourth-order valence-electron chi connectivity index (χ4n) is 12.5. The molecule has 2 saturated carbocycles. The van der Waals surface area contributed by atoms with E-state index in [9.17, 15) is 9.59 Å². The lowest BCUT2D eigenvalue weighted by atomic mass is 9.48. The molecule has 0 heterocycles. The molecular formula is C53H88N2O2. The molecule has 2 N–H and O–H groups in total. The molecular weight excluding hydrogens is 697 g/mol. The van der Waals surface area contributed by atoms with Crippen molar-refractivity contribution < 1.29 is 9.59 Å². The second-order valence-corrected chi connectivity index (χ2v) is 20.2. The molecule has 6 atom stereocenters. The van der Waals surface area contributed by atoms with E-state index in [4.69, 9.17) is 0 Å². The van der Waals surface area contributed by atoms with E-state index in [0.717, 1.165) is 57.8 Å². The third-order valence-corrected chi connectivity index (χ3v) is 16.1. The standard InChI is InChI=1S/C43H60O2.C8H20N2.2CH4/c1-26(2)34-22-30-13-15-38-40(7,28(5)44)17-11-19-42(38,9)36(30)24-32(34)21-33-25-37-31(23-35(33)27(3)4)14-16-39-41(8,29(6)45)18-12-20-43(37,39)10;1-9-7-5-3-4-6-8-10-2;;/h22-27,38-39H,11-21H2,1-10H3;9-10H,3-8H2,1-2H3;2*1H4. The number of benzene rings is 2. The summed E-state index contributed by atoms with van der Waals surface area (Å²) in [5, 5.41) is 6.29. The Morgan fingerprint density at radius 1 is 0.614 bits per heavy atom. The zero-order chi connectivity index (χ0) is 40.3. The monoisotopic (exact) mass is 785 g/mol. The summed E-state index contributed by atoms with van der Waals surface area (Å²) in [5.74, 6) is 2.51. The fourth-order valence-corrected chi connectivity index (χ4v) is 12.5. The Labute approximate surface area is 352 Å². The molecule has 57 heavy (non-hydrogen) atoms. The van der Waals surface area contributed by atoms with Gasteiger partial charge < -0.3 is 10.6 Å². The highest BCUT2D eigenvalue weighted by Gasteiger charge is 2.55. The normalized spacial score (nSPS) is 28.7. The van der Waals surface area contributed by atoms with Crippen molar-refractivity contribution in [3.8, 4) is 0 Å². The third kappa shape index (κ3) is 9.53. The summed E-state index contributed by atoms with van der Waals surface area (Å²) >= 11 is 0. The molecule has 2 fully saturated rings. The van der Waals surface area contributed by atoms with E-state index in [1.54, 1.807) is 0 Å². The van der Waals surface area contributed by atoms with Crippen molar-refractivity contribution in [2.75, 3.05) is 27.2 Å². The molecule has 4 heteroatoms. The average molecular weight is 785 g/mol. The minimum absolute atomic E-state index is 0. The first-order valence-corrected chi connectivity index (χ1v) is 22.6. The van der Waals surface area contributed by atoms with Crippen LogP contribution in [0.1, 0.15) is 217 Å². The van der Waals surface area contributed by atoms with E-state index >= 15 is 0 Å². The van der Waals surface area contributed by atoms with Crippen LogP contribution in [0.2, 0.25) is 0 Å². The van der Waals surface area contributed by atoms with Crippen LogP contribution < -0.4 is 10.6 Å².